The third-order valence-corrected chi connectivity index (χ3v) is 4.28. The van der Waals surface area contributed by atoms with Crippen LogP contribution >= 0.6 is 0 Å². The summed E-state index contributed by atoms with van der Waals surface area (Å²) in [5.41, 5.74) is 5.89. The predicted molar refractivity (Wildman–Crippen MR) is 69.8 cm³/mol. The van der Waals surface area contributed by atoms with Crippen molar-refractivity contribution in [3.8, 4) is 0 Å². The van der Waals surface area contributed by atoms with E-state index >= 15 is 0 Å². The standard InChI is InChI=1S/C13H28N2O2/c1-10-6-11(10)8-15(3)13(2,9-14)7-12(16-4)17-5/h10-12H,6-9,14H2,1-5H3. The lowest BCUT2D eigenvalue weighted by molar-refractivity contribution is -0.127. The third kappa shape index (κ3) is 3.91. The Hall–Kier alpha value is -0.160. The molecule has 4 heteroatoms. The van der Waals surface area contributed by atoms with Crippen LogP contribution in [0.4, 0.5) is 0 Å². The molecule has 17 heavy (non-hydrogen) atoms. The smallest absolute Gasteiger partial charge is 0.158 e. The highest BCUT2D eigenvalue weighted by Crippen LogP contribution is 2.39. The van der Waals surface area contributed by atoms with Gasteiger partial charge in [0, 0.05) is 39.3 Å². The van der Waals surface area contributed by atoms with E-state index in [2.05, 4.69) is 25.8 Å². The number of methoxy groups -OCH3 is 2. The molecule has 0 heterocycles. The quantitative estimate of drug-likeness (QED) is 0.654. The van der Waals surface area contributed by atoms with Crippen molar-refractivity contribution in [2.45, 2.75) is 38.5 Å². The minimum atomic E-state index is -0.178. The Kier molecular flexibility index (Phi) is 5.38. The Morgan fingerprint density at radius 2 is 1.94 bits per heavy atom. The molecule has 1 aliphatic rings. The van der Waals surface area contributed by atoms with Gasteiger partial charge in [0.05, 0.1) is 0 Å². The molecular weight excluding hydrogens is 216 g/mol. The van der Waals surface area contributed by atoms with E-state index in [1.807, 2.05) is 0 Å². The van der Waals surface area contributed by atoms with E-state index in [1.165, 1.54) is 6.42 Å². The third-order valence-electron chi connectivity index (χ3n) is 4.28. The molecule has 0 aromatic rings. The topological polar surface area (TPSA) is 47.7 Å². The SMILES string of the molecule is COC(CC(C)(CN)N(C)CC1CC1C)OC. The minimum absolute atomic E-state index is 0.0566. The van der Waals surface area contributed by atoms with Crippen molar-refractivity contribution in [3.63, 3.8) is 0 Å². The summed E-state index contributed by atoms with van der Waals surface area (Å²) in [6, 6.07) is 0. The highest BCUT2D eigenvalue weighted by Gasteiger charge is 2.38. The highest BCUT2D eigenvalue weighted by molar-refractivity contribution is 4.92. The zero-order chi connectivity index (χ0) is 13.1. The molecule has 4 nitrogen and oxygen atoms in total. The average Bonchev–Trinajstić information content (AvgIpc) is 3.01. The first-order valence-corrected chi connectivity index (χ1v) is 6.43. The van der Waals surface area contributed by atoms with Gasteiger partial charge in [-0.15, -0.1) is 0 Å². The summed E-state index contributed by atoms with van der Waals surface area (Å²) in [7, 11) is 5.50. The second-order valence-corrected chi connectivity index (χ2v) is 5.66. The summed E-state index contributed by atoms with van der Waals surface area (Å²) in [6.07, 6.45) is 1.97. The van der Waals surface area contributed by atoms with Crippen molar-refractivity contribution in [3.05, 3.63) is 0 Å². The lowest BCUT2D eigenvalue weighted by Crippen LogP contribution is -2.52. The Labute approximate surface area is 105 Å². The zero-order valence-electron chi connectivity index (χ0n) is 11.9. The molecule has 0 bridgehead atoms. The van der Waals surface area contributed by atoms with Crippen LogP contribution in [0.25, 0.3) is 0 Å². The van der Waals surface area contributed by atoms with E-state index in [4.69, 9.17) is 15.2 Å². The lowest BCUT2D eigenvalue weighted by Gasteiger charge is -2.40. The van der Waals surface area contributed by atoms with Crippen LogP contribution in [0.5, 0.6) is 0 Å². The molecule has 0 aromatic heterocycles. The maximum absolute atomic E-state index is 5.94. The van der Waals surface area contributed by atoms with Gasteiger partial charge in [-0.3, -0.25) is 4.90 Å². The molecule has 102 valence electrons. The summed E-state index contributed by atoms with van der Waals surface area (Å²) in [4.78, 5) is 2.37. The fourth-order valence-corrected chi connectivity index (χ4v) is 2.24. The van der Waals surface area contributed by atoms with Crippen molar-refractivity contribution in [1.82, 2.24) is 4.90 Å². The molecule has 0 aliphatic heterocycles. The first kappa shape index (κ1) is 14.9. The first-order chi connectivity index (χ1) is 7.96. The molecule has 3 atom stereocenters. The van der Waals surface area contributed by atoms with Crippen molar-refractivity contribution in [1.29, 1.82) is 0 Å². The van der Waals surface area contributed by atoms with E-state index in [0.29, 0.717) is 6.54 Å². The molecule has 0 amide bonds. The molecule has 0 saturated heterocycles. The summed E-state index contributed by atoms with van der Waals surface area (Å²) in [5, 5.41) is 0. The van der Waals surface area contributed by atoms with E-state index in [1.54, 1.807) is 14.2 Å². The fraction of sp³-hybridized carbons (Fsp3) is 1.00. The molecule has 1 aliphatic carbocycles. The molecule has 1 saturated carbocycles. The lowest BCUT2D eigenvalue weighted by atomic mass is 9.95. The van der Waals surface area contributed by atoms with E-state index in [-0.39, 0.29) is 11.8 Å². The summed E-state index contributed by atoms with van der Waals surface area (Å²) >= 11 is 0. The number of nitrogens with two attached hydrogens (primary N) is 1. The molecule has 3 unspecified atom stereocenters. The molecule has 2 N–H and O–H groups in total. The average molecular weight is 244 g/mol. The molecule has 1 fully saturated rings. The van der Waals surface area contributed by atoms with Crippen molar-refractivity contribution >= 4 is 0 Å². The normalized spacial score (nSPS) is 27.5. The van der Waals surface area contributed by atoms with E-state index in [0.717, 1.165) is 24.8 Å². The van der Waals surface area contributed by atoms with Gasteiger partial charge in [0.25, 0.3) is 0 Å². The number of ether oxygens (including phenoxy) is 2. The number of hydrogen-bond donors (Lipinski definition) is 1. The van der Waals surface area contributed by atoms with Gasteiger partial charge in [-0.25, -0.2) is 0 Å². The highest BCUT2D eigenvalue weighted by atomic mass is 16.7. The van der Waals surface area contributed by atoms with Crippen LogP contribution < -0.4 is 5.73 Å². The van der Waals surface area contributed by atoms with Crippen LogP contribution in [0.2, 0.25) is 0 Å². The summed E-state index contributed by atoms with van der Waals surface area (Å²) < 4.78 is 10.6. The van der Waals surface area contributed by atoms with Crippen LogP contribution in [-0.4, -0.2) is 51.1 Å². The maximum atomic E-state index is 5.94. The van der Waals surface area contributed by atoms with Gasteiger partial charge in [0.1, 0.15) is 0 Å². The Morgan fingerprint density at radius 1 is 1.41 bits per heavy atom. The van der Waals surface area contributed by atoms with Crippen LogP contribution in [0, 0.1) is 11.8 Å². The van der Waals surface area contributed by atoms with Gasteiger partial charge in [-0.2, -0.15) is 0 Å². The monoisotopic (exact) mass is 244 g/mol. The number of likely N-dealkylation sites (N-methyl/N-ethyl adjacent to an activating group) is 1. The zero-order valence-corrected chi connectivity index (χ0v) is 11.9. The Bertz CT molecular complexity index is 233. The van der Waals surface area contributed by atoms with Crippen molar-refractivity contribution < 1.29 is 9.47 Å². The van der Waals surface area contributed by atoms with Gasteiger partial charge < -0.3 is 15.2 Å². The second-order valence-electron chi connectivity index (χ2n) is 5.66. The fourth-order valence-electron chi connectivity index (χ4n) is 2.24. The van der Waals surface area contributed by atoms with Gasteiger partial charge in [0.15, 0.2) is 6.29 Å². The number of rotatable bonds is 8. The molecule has 0 spiro atoms. The summed E-state index contributed by atoms with van der Waals surface area (Å²) in [5.74, 6) is 1.72. The largest absolute Gasteiger partial charge is 0.356 e. The summed E-state index contributed by atoms with van der Waals surface area (Å²) in [6.45, 7) is 6.24. The van der Waals surface area contributed by atoms with Gasteiger partial charge >= 0.3 is 0 Å². The first-order valence-electron chi connectivity index (χ1n) is 6.43. The van der Waals surface area contributed by atoms with E-state index in [9.17, 15) is 0 Å². The number of nitrogens with zero attached hydrogens (tertiary/aromatic N) is 1. The molecule has 1 rings (SSSR count). The number of hydrogen-bond acceptors (Lipinski definition) is 4. The van der Waals surface area contributed by atoms with Gasteiger partial charge in [-0.05, 0) is 32.2 Å². The van der Waals surface area contributed by atoms with Gasteiger partial charge in [0.2, 0.25) is 0 Å². The second kappa shape index (κ2) is 6.14. The Balaban J connectivity index is 2.52. The van der Waals surface area contributed by atoms with Gasteiger partial charge in [-0.1, -0.05) is 6.92 Å². The molecular formula is C13H28N2O2. The maximum Gasteiger partial charge on any atom is 0.158 e. The van der Waals surface area contributed by atoms with Crippen LogP contribution in [-0.2, 0) is 9.47 Å². The van der Waals surface area contributed by atoms with E-state index < -0.39 is 0 Å². The van der Waals surface area contributed by atoms with Crippen LogP contribution in [0.3, 0.4) is 0 Å². The van der Waals surface area contributed by atoms with Crippen molar-refractivity contribution in [2.24, 2.45) is 17.6 Å². The predicted octanol–water partition coefficient (Wildman–Crippen LogP) is 1.30. The molecule has 0 aromatic carbocycles. The van der Waals surface area contributed by atoms with Crippen LogP contribution in [0.15, 0.2) is 0 Å². The minimum Gasteiger partial charge on any atom is -0.356 e. The molecule has 0 radical (unpaired) electrons. The van der Waals surface area contributed by atoms with Crippen molar-refractivity contribution in [2.75, 3.05) is 34.4 Å². The van der Waals surface area contributed by atoms with Crippen LogP contribution in [0.1, 0.15) is 26.7 Å². The Morgan fingerprint density at radius 3 is 2.29 bits per heavy atom.